The SMILES string of the molecule is O=C(C=Cc1ccc(Cl)cc1)NC(=S)N1CCN(c2ccc(C(F)(F)F)cc2[N+](=O)[O-])CC1. The van der Waals surface area contributed by atoms with E-state index < -0.39 is 28.3 Å². The molecule has 1 N–H and O–H groups in total. The Morgan fingerprint density at radius 2 is 1.76 bits per heavy atom. The molecule has 33 heavy (non-hydrogen) atoms. The standard InChI is InChI=1S/C21H18ClF3N4O3S/c22-16-5-1-14(2-6-16)3-8-19(30)26-20(33)28-11-9-27(10-12-28)17-7-4-15(21(23,24)25)13-18(17)29(31)32/h1-8,13H,9-12H2,(H,26,30,33). The quantitative estimate of drug-likeness (QED) is 0.289. The van der Waals surface area contributed by atoms with E-state index in [1.807, 2.05) is 0 Å². The summed E-state index contributed by atoms with van der Waals surface area (Å²) in [6.45, 7) is 1.22. The van der Waals surface area contributed by atoms with Crippen LogP contribution in [0.5, 0.6) is 0 Å². The molecular formula is C21H18ClF3N4O3S. The van der Waals surface area contributed by atoms with Gasteiger partial charge in [0.15, 0.2) is 5.11 Å². The first kappa shape index (κ1) is 24.5. The maximum absolute atomic E-state index is 12.9. The number of rotatable bonds is 4. The number of hydrogen-bond donors (Lipinski definition) is 1. The number of nitrogens with zero attached hydrogens (tertiary/aromatic N) is 3. The Morgan fingerprint density at radius 1 is 1.12 bits per heavy atom. The van der Waals surface area contributed by atoms with Crippen LogP contribution in [0.3, 0.4) is 0 Å². The van der Waals surface area contributed by atoms with Crippen LogP contribution in [0.25, 0.3) is 6.08 Å². The number of nitro groups is 1. The van der Waals surface area contributed by atoms with Crippen LogP contribution < -0.4 is 10.2 Å². The summed E-state index contributed by atoms with van der Waals surface area (Å²) >= 11 is 11.1. The largest absolute Gasteiger partial charge is 0.416 e. The van der Waals surface area contributed by atoms with Crippen molar-refractivity contribution in [1.29, 1.82) is 0 Å². The number of amides is 1. The summed E-state index contributed by atoms with van der Waals surface area (Å²) in [5.41, 5.74) is -0.797. The highest BCUT2D eigenvalue weighted by molar-refractivity contribution is 7.80. The summed E-state index contributed by atoms with van der Waals surface area (Å²) in [6.07, 6.45) is -1.73. The normalized spacial score (nSPS) is 14.4. The molecule has 174 valence electrons. The molecule has 2 aromatic carbocycles. The lowest BCUT2D eigenvalue weighted by atomic mass is 10.1. The van der Waals surface area contributed by atoms with Crippen LogP contribution in [0.2, 0.25) is 5.02 Å². The lowest BCUT2D eigenvalue weighted by Gasteiger charge is -2.36. The van der Waals surface area contributed by atoms with Gasteiger partial charge in [-0.15, -0.1) is 0 Å². The summed E-state index contributed by atoms with van der Waals surface area (Å²) in [5, 5.41) is 14.7. The smallest absolute Gasteiger partial charge is 0.362 e. The first-order valence-electron chi connectivity index (χ1n) is 9.69. The average molecular weight is 499 g/mol. The van der Waals surface area contributed by atoms with Crippen LogP contribution in [0.15, 0.2) is 48.5 Å². The topological polar surface area (TPSA) is 78.7 Å². The van der Waals surface area contributed by atoms with Gasteiger partial charge in [-0.1, -0.05) is 23.7 Å². The van der Waals surface area contributed by atoms with Crippen LogP contribution in [0.1, 0.15) is 11.1 Å². The number of carbonyl (C=O) groups excluding carboxylic acids is 1. The van der Waals surface area contributed by atoms with Crippen LogP contribution in [-0.2, 0) is 11.0 Å². The van der Waals surface area contributed by atoms with E-state index in [-0.39, 0.29) is 23.9 Å². The lowest BCUT2D eigenvalue weighted by molar-refractivity contribution is -0.384. The molecule has 0 atom stereocenters. The highest BCUT2D eigenvalue weighted by atomic mass is 35.5. The molecular weight excluding hydrogens is 481 g/mol. The number of halogens is 4. The number of benzene rings is 2. The number of thiocarbonyl (C=S) groups is 1. The van der Waals surface area contributed by atoms with Gasteiger partial charge in [-0.05, 0) is 48.1 Å². The fourth-order valence-electron chi connectivity index (χ4n) is 3.24. The minimum Gasteiger partial charge on any atom is -0.362 e. The van der Waals surface area contributed by atoms with Crippen molar-refractivity contribution in [3.63, 3.8) is 0 Å². The van der Waals surface area contributed by atoms with Gasteiger partial charge in [-0.25, -0.2) is 0 Å². The molecule has 0 bridgehead atoms. The van der Waals surface area contributed by atoms with Crippen molar-refractivity contribution in [1.82, 2.24) is 10.2 Å². The van der Waals surface area contributed by atoms with Crippen molar-refractivity contribution < 1.29 is 22.9 Å². The number of hydrogen-bond acceptors (Lipinski definition) is 5. The summed E-state index contributed by atoms with van der Waals surface area (Å²) in [4.78, 5) is 26.0. The Bertz CT molecular complexity index is 1090. The van der Waals surface area contributed by atoms with Gasteiger partial charge in [0.25, 0.3) is 5.69 Å². The monoisotopic (exact) mass is 498 g/mol. The van der Waals surface area contributed by atoms with E-state index in [0.717, 1.165) is 17.7 Å². The number of alkyl halides is 3. The molecule has 0 unspecified atom stereocenters. The Kier molecular flexibility index (Phi) is 7.54. The third-order valence-electron chi connectivity index (χ3n) is 4.93. The zero-order valence-electron chi connectivity index (χ0n) is 17.0. The van der Waals surface area contributed by atoms with E-state index in [0.29, 0.717) is 24.2 Å². The van der Waals surface area contributed by atoms with E-state index in [1.54, 1.807) is 40.1 Å². The van der Waals surface area contributed by atoms with Gasteiger partial charge in [0.1, 0.15) is 5.69 Å². The first-order chi connectivity index (χ1) is 15.5. The maximum atomic E-state index is 12.9. The second kappa shape index (κ2) is 10.2. The van der Waals surface area contributed by atoms with Gasteiger partial charge in [0, 0.05) is 43.3 Å². The molecule has 1 heterocycles. The van der Waals surface area contributed by atoms with Crippen molar-refractivity contribution >= 4 is 52.3 Å². The molecule has 1 amide bonds. The molecule has 7 nitrogen and oxygen atoms in total. The van der Waals surface area contributed by atoms with Gasteiger partial charge in [0.2, 0.25) is 5.91 Å². The second-order valence-corrected chi connectivity index (χ2v) is 7.93. The van der Waals surface area contributed by atoms with E-state index >= 15 is 0 Å². The molecule has 1 aliphatic heterocycles. The minimum atomic E-state index is -4.67. The molecule has 0 spiro atoms. The summed E-state index contributed by atoms with van der Waals surface area (Å²) in [6, 6.07) is 9.38. The molecule has 12 heteroatoms. The highest BCUT2D eigenvalue weighted by Gasteiger charge is 2.34. The number of nitro benzene ring substituents is 1. The Morgan fingerprint density at radius 3 is 2.33 bits per heavy atom. The summed E-state index contributed by atoms with van der Waals surface area (Å²) < 4.78 is 38.7. The van der Waals surface area contributed by atoms with Crippen molar-refractivity contribution in [2.75, 3.05) is 31.1 Å². The Balaban J connectivity index is 1.59. The van der Waals surface area contributed by atoms with E-state index in [4.69, 9.17) is 23.8 Å². The predicted octanol–water partition coefficient (Wildman–Crippen LogP) is 4.50. The fraction of sp³-hybridized carbons (Fsp3) is 0.238. The molecule has 0 radical (unpaired) electrons. The van der Waals surface area contributed by atoms with Crippen molar-refractivity contribution in [2.45, 2.75) is 6.18 Å². The Labute approximate surface area is 197 Å². The predicted molar refractivity (Wildman–Crippen MR) is 123 cm³/mol. The third kappa shape index (κ3) is 6.42. The van der Waals surface area contributed by atoms with Crippen molar-refractivity contribution in [2.24, 2.45) is 0 Å². The van der Waals surface area contributed by atoms with Gasteiger partial charge >= 0.3 is 6.18 Å². The third-order valence-corrected chi connectivity index (χ3v) is 5.55. The molecule has 0 aromatic heterocycles. The zero-order chi connectivity index (χ0) is 24.2. The molecule has 1 saturated heterocycles. The first-order valence-corrected chi connectivity index (χ1v) is 10.5. The van der Waals surface area contributed by atoms with Crippen LogP contribution in [0.4, 0.5) is 24.5 Å². The molecule has 0 saturated carbocycles. The fourth-order valence-corrected chi connectivity index (χ4v) is 3.64. The number of nitrogens with one attached hydrogen (secondary N) is 1. The van der Waals surface area contributed by atoms with Crippen molar-refractivity contribution in [3.05, 3.63) is 74.8 Å². The lowest BCUT2D eigenvalue weighted by Crippen LogP contribution is -2.52. The highest BCUT2D eigenvalue weighted by Crippen LogP contribution is 2.36. The summed E-state index contributed by atoms with van der Waals surface area (Å²) in [5.74, 6) is -0.421. The van der Waals surface area contributed by atoms with Crippen LogP contribution >= 0.6 is 23.8 Å². The summed E-state index contributed by atoms with van der Waals surface area (Å²) in [7, 11) is 0. The van der Waals surface area contributed by atoms with Gasteiger partial charge in [-0.3, -0.25) is 20.2 Å². The average Bonchev–Trinajstić information content (AvgIpc) is 2.77. The number of piperazine rings is 1. The number of anilines is 1. The Hall–Kier alpha value is -3.18. The van der Waals surface area contributed by atoms with Crippen molar-refractivity contribution in [3.8, 4) is 0 Å². The zero-order valence-corrected chi connectivity index (χ0v) is 18.6. The second-order valence-electron chi connectivity index (χ2n) is 7.11. The van der Waals surface area contributed by atoms with Gasteiger partial charge in [-0.2, -0.15) is 13.2 Å². The molecule has 2 aromatic rings. The molecule has 1 fully saturated rings. The van der Waals surface area contributed by atoms with E-state index in [1.165, 1.54) is 6.08 Å². The van der Waals surface area contributed by atoms with Crippen LogP contribution in [0, 0.1) is 10.1 Å². The van der Waals surface area contributed by atoms with Crippen LogP contribution in [-0.4, -0.2) is 47.0 Å². The van der Waals surface area contributed by atoms with E-state index in [2.05, 4.69) is 5.32 Å². The van der Waals surface area contributed by atoms with Gasteiger partial charge in [0.05, 0.1) is 10.5 Å². The molecule has 1 aliphatic rings. The molecule has 3 rings (SSSR count). The van der Waals surface area contributed by atoms with Gasteiger partial charge < -0.3 is 9.80 Å². The molecule has 0 aliphatic carbocycles. The number of carbonyl (C=O) groups is 1. The minimum absolute atomic E-state index is 0.105. The van der Waals surface area contributed by atoms with E-state index in [9.17, 15) is 28.1 Å². The maximum Gasteiger partial charge on any atom is 0.416 e.